The fourth-order valence-electron chi connectivity index (χ4n) is 1.19. The molecule has 1 rings (SSSR count). The number of hydrogen-bond donors (Lipinski definition) is 1. The van der Waals surface area contributed by atoms with Crippen molar-refractivity contribution in [3.63, 3.8) is 0 Å². The molecule has 0 fully saturated rings. The molecule has 1 N–H and O–H groups in total. The molecule has 5 nitrogen and oxygen atoms in total. The maximum Gasteiger partial charge on any atom is 0.574 e. The topological polar surface area (TPSA) is 68.7 Å². The molecule has 0 aliphatic rings. The lowest BCUT2D eigenvalue weighted by Gasteiger charge is -2.15. The number of aromatic nitrogens is 1. The van der Waals surface area contributed by atoms with Crippen molar-refractivity contribution >= 4 is 5.97 Å². The lowest BCUT2D eigenvalue weighted by atomic mass is 10.1. The van der Waals surface area contributed by atoms with Crippen LogP contribution in [0.4, 0.5) is 26.3 Å². The van der Waals surface area contributed by atoms with Crippen molar-refractivity contribution in [2.45, 2.75) is 12.5 Å². The molecule has 0 amide bonds. The number of carbonyl (C=O) groups excluding carboxylic acids is 1. The highest BCUT2D eigenvalue weighted by Crippen LogP contribution is 2.40. The van der Waals surface area contributed by atoms with E-state index in [4.69, 9.17) is 0 Å². The van der Waals surface area contributed by atoms with Gasteiger partial charge in [-0.25, -0.2) is 9.78 Å². The summed E-state index contributed by atoms with van der Waals surface area (Å²) in [5, 5.41) is 9.31. The highest BCUT2D eigenvalue weighted by Gasteiger charge is 2.41. The van der Waals surface area contributed by atoms with Crippen LogP contribution < -0.4 is 4.74 Å². The first kappa shape index (κ1) is 15.9. The smallest absolute Gasteiger partial charge is 0.502 e. The summed E-state index contributed by atoms with van der Waals surface area (Å²) in [4.78, 5) is 13.9. The average Bonchev–Trinajstić information content (AvgIpc) is 2.27. The minimum absolute atomic E-state index is 0.0763. The van der Waals surface area contributed by atoms with Gasteiger partial charge in [-0.1, -0.05) is 0 Å². The highest BCUT2D eigenvalue weighted by molar-refractivity contribution is 5.94. The molecule has 11 heteroatoms. The number of rotatable bonds is 2. The molecule has 0 bridgehead atoms. The molecular formula is C9H5F6NO4. The Balaban J connectivity index is 3.47. The number of methoxy groups -OCH3 is 1. The number of ether oxygens (including phenoxy) is 2. The van der Waals surface area contributed by atoms with Crippen molar-refractivity contribution in [3.8, 4) is 11.6 Å². The molecule has 0 aliphatic carbocycles. The Morgan fingerprint density at radius 3 is 2.20 bits per heavy atom. The second kappa shape index (κ2) is 5.06. The summed E-state index contributed by atoms with van der Waals surface area (Å²) >= 11 is 0. The Bertz CT molecular complexity index is 524. The Kier molecular flexibility index (Phi) is 4.01. The zero-order valence-corrected chi connectivity index (χ0v) is 9.46. The molecular weight excluding hydrogens is 300 g/mol. The van der Waals surface area contributed by atoms with E-state index in [9.17, 15) is 36.2 Å². The van der Waals surface area contributed by atoms with Crippen LogP contribution in [-0.4, -0.2) is 29.5 Å². The van der Waals surface area contributed by atoms with Crippen LogP contribution in [0.25, 0.3) is 0 Å². The number of aromatic hydroxyl groups is 1. The van der Waals surface area contributed by atoms with Gasteiger partial charge in [-0.05, 0) is 0 Å². The normalized spacial score (nSPS) is 12.2. The van der Waals surface area contributed by atoms with Crippen molar-refractivity contribution in [1.29, 1.82) is 0 Å². The summed E-state index contributed by atoms with van der Waals surface area (Å²) in [5.41, 5.74) is -3.27. The molecule has 0 saturated heterocycles. The SMILES string of the molecule is COC(=O)c1c(C(F)(F)F)cnc(OC(F)(F)F)c1O. The monoisotopic (exact) mass is 305 g/mol. The van der Waals surface area contributed by atoms with Gasteiger partial charge < -0.3 is 14.6 Å². The number of nitrogens with zero attached hydrogens (tertiary/aromatic N) is 1. The molecule has 1 aromatic heterocycles. The third-order valence-electron chi connectivity index (χ3n) is 1.93. The van der Waals surface area contributed by atoms with E-state index < -0.39 is 41.3 Å². The van der Waals surface area contributed by atoms with Crippen molar-refractivity contribution in [3.05, 3.63) is 17.3 Å². The zero-order valence-electron chi connectivity index (χ0n) is 9.46. The van der Waals surface area contributed by atoms with Crippen LogP contribution in [0.3, 0.4) is 0 Å². The molecule has 0 spiro atoms. The molecule has 0 atom stereocenters. The van der Waals surface area contributed by atoms with Gasteiger partial charge in [0.25, 0.3) is 5.88 Å². The van der Waals surface area contributed by atoms with Crippen LogP contribution in [0.2, 0.25) is 0 Å². The number of hydrogen-bond acceptors (Lipinski definition) is 5. The third-order valence-corrected chi connectivity index (χ3v) is 1.93. The predicted molar refractivity (Wildman–Crippen MR) is 48.9 cm³/mol. The lowest BCUT2D eigenvalue weighted by molar-refractivity contribution is -0.276. The van der Waals surface area contributed by atoms with E-state index in [2.05, 4.69) is 14.5 Å². The van der Waals surface area contributed by atoms with Gasteiger partial charge in [-0.2, -0.15) is 13.2 Å². The second-order valence-electron chi connectivity index (χ2n) is 3.24. The number of alkyl halides is 6. The van der Waals surface area contributed by atoms with Crippen molar-refractivity contribution in [1.82, 2.24) is 4.98 Å². The Hall–Kier alpha value is -2.20. The van der Waals surface area contributed by atoms with Gasteiger partial charge in [0.2, 0.25) is 0 Å². The second-order valence-corrected chi connectivity index (χ2v) is 3.24. The molecule has 0 radical (unpaired) electrons. The van der Waals surface area contributed by atoms with Crippen LogP contribution in [0, 0.1) is 0 Å². The highest BCUT2D eigenvalue weighted by atomic mass is 19.4. The lowest BCUT2D eigenvalue weighted by Crippen LogP contribution is -2.20. The summed E-state index contributed by atoms with van der Waals surface area (Å²) < 4.78 is 80.8. The van der Waals surface area contributed by atoms with Gasteiger partial charge in [0.15, 0.2) is 5.75 Å². The summed E-state index contributed by atoms with van der Waals surface area (Å²) in [6.45, 7) is 0. The molecule has 1 heterocycles. The summed E-state index contributed by atoms with van der Waals surface area (Å²) in [6.07, 6.45) is -10.5. The van der Waals surface area contributed by atoms with Gasteiger partial charge in [-0.3, -0.25) is 0 Å². The summed E-state index contributed by atoms with van der Waals surface area (Å²) in [6, 6.07) is 0. The van der Waals surface area contributed by atoms with Gasteiger partial charge in [0.1, 0.15) is 5.56 Å². The van der Waals surface area contributed by atoms with Crippen molar-refractivity contribution in [2.75, 3.05) is 7.11 Å². The van der Waals surface area contributed by atoms with Gasteiger partial charge >= 0.3 is 18.5 Å². The van der Waals surface area contributed by atoms with Crippen molar-refractivity contribution in [2.24, 2.45) is 0 Å². The zero-order chi connectivity index (χ0) is 15.7. The molecule has 0 aromatic carbocycles. The number of esters is 1. The molecule has 0 saturated carbocycles. The van der Waals surface area contributed by atoms with E-state index in [0.29, 0.717) is 7.11 Å². The first-order valence-corrected chi connectivity index (χ1v) is 4.60. The van der Waals surface area contributed by atoms with Crippen LogP contribution in [0.15, 0.2) is 6.20 Å². The standard InChI is InChI=1S/C9H5F6NO4/c1-19-7(18)4-3(8(10,11)12)2-16-6(5(4)17)20-9(13,14)15/h2,17H,1H3. The maximum absolute atomic E-state index is 12.6. The van der Waals surface area contributed by atoms with E-state index >= 15 is 0 Å². The van der Waals surface area contributed by atoms with E-state index in [-0.39, 0.29) is 6.20 Å². The number of carbonyl (C=O) groups is 1. The number of halogens is 6. The van der Waals surface area contributed by atoms with Gasteiger partial charge in [-0.15, -0.1) is 13.2 Å². The minimum Gasteiger partial charge on any atom is -0.502 e. The molecule has 1 aromatic rings. The van der Waals surface area contributed by atoms with E-state index in [0.717, 1.165) is 0 Å². The fraction of sp³-hybridized carbons (Fsp3) is 0.333. The van der Waals surface area contributed by atoms with E-state index in [1.54, 1.807) is 0 Å². The maximum atomic E-state index is 12.6. The molecule has 0 aliphatic heterocycles. The van der Waals surface area contributed by atoms with Gasteiger partial charge in [0, 0.05) is 6.20 Å². The first-order chi connectivity index (χ1) is 8.97. The Morgan fingerprint density at radius 1 is 1.25 bits per heavy atom. The first-order valence-electron chi connectivity index (χ1n) is 4.60. The molecule has 0 unspecified atom stereocenters. The summed E-state index contributed by atoms with van der Waals surface area (Å²) in [5.74, 6) is -5.00. The van der Waals surface area contributed by atoms with Gasteiger partial charge in [0.05, 0.1) is 12.7 Å². The fourth-order valence-corrected chi connectivity index (χ4v) is 1.19. The van der Waals surface area contributed by atoms with Crippen molar-refractivity contribution < 1.29 is 45.7 Å². The third kappa shape index (κ3) is 3.42. The van der Waals surface area contributed by atoms with Crippen LogP contribution >= 0.6 is 0 Å². The minimum atomic E-state index is -5.31. The quantitative estimate of drug-likeness (QED) is 0.671. The Morgan fingerprint density at radius 2 is 1.80 bits per heavy atom. The summed E-state index contributed by atoms with van der Waals surface area (Å²) in [7, 11) is 0.687. The van der Waals surface area contributed by atoms with E-state index in [1.165, 1.54) is 0 Å². The van der Waals surface area contributed by atoms with Crippen LogP contribution in [-0.2, 0) is 10.9 Å². The number of pyridine rings is 1. The van der Waals surface area contributed by atoms with Crippen LogP contribution in [0.5, 0.6) is 11.6 Å². The molecule has 112 valence electrons. The predicted octanol–water partition coefficient (Wildman–Crippen LogP) is 2.49. The van der Waals surface area contributed by atoms with E-state index in [1.807, 2.05) is 0 Å². The largest absolute Gasteiger partial charge is 0.574 e. The average molecular weight is 305 g/mol. The molecule has 20 heavy (non-hydrogen) atoms. The van der Waals surface area contributed by atoms with Crippen LogP contribution in [0.1, 0.15) is 15.9 Å². The Labute approximate surface area is 106 Å².